The van der Waals surface area contributed by atoms with Gasteiger partial charge in [-0.1, -0.05) is 81.1 Å². The number of benzene rings is 1. The van der Waals surface area contributed by atoms with Crippen LogP contribution in [0.25, 0.3) is 0 Å². The number of hydrogen-bond donors (Lipinski definition) is 2. The number of amides is 1. The second-order valence-corrected chi connectivity index (χ2v) is 9.14. The van der Waals surface area contributed by atoms with Crippen LogP contribution in [0, 0.1) is 5.92 Å². The predicted octanol–water partition coefficient (Wildman–Crippen LogP) is 4.87. The van der Waals surface area contributed by atoms with Crippen molar-refractivity contribution in [3.05, 3.63) is 48.0 Å². The first-order valence-corrected chi connectivity index (χ1v) is 10.9. The molecule has 27 heavy (non-hydrogen) atoms. The van der Waals surface area contributed by atoms with Crippen molar-refractivity contribution >= 4 is 34.1 Å². The van der Waals surface area contributed by atoms with E-state index in [1.54, 1.807) is 6.08 Å². The summed E-state index contributed by atoms with van der Waals surface area (Å²) in [5.74, 6) is 1.13. The van der Waals surface area contributed by atoms with Gasteiger partial charge in [-0.15, -0.1) is 16.8 Å². The van der Waals surface area contributed by atoms with Crippen molar-refractivity contribution in [1.82, 2.24) is 15.5 Å². The Morgan fingerprint density at radius 1 is 1.19 bits per heavy atom. The van der Waals surface area contributed by atoms with Crippen molar-refractivity contribution in [3.63, 3.8) is 0 Å². The lowest BCUT2D eigenvalue weighted by Crippen LogP contribution is -2.33. The van der Waals surface area contributed by atoms with Gasteiger partial charge >= 0.3 is 0 Å². The Bertz CT molecular complexity index is 741. The number of rotatable bonds is 10. The molecule has 2 N–H and O–H groups in total. The third kappa shape index (κ3) is 6.66. The van der Waals surface area contributed by atoms with Crippen LogP contribution in [0.1, 0.15) is 50.8 Å². The molecular weight excluding hydrogens is 376 g/mol. The number of aromatic nitrogens is 2. The van der Waals surface area contributed by atoms with Crippen LogP contribution in [0.5, 0.6) is 0 Å². The maximum atomic E-state index is 12.5. The molecule has 0 saturated carbocycles. The topological polar surface area (TPSA) is 66.9 Å². The number of carbonyl (C=O) groups is 1. The fraction of sp³-hybridized carbons (Fsp3) is 0.450. The molecule has 1 aromatic heterocycles. The molecule has 2 rings (SSSR count). The van der Waals surface area contributed by atoms with Crippen molar-refractivity contribution in [2.45, 2.75) is 44.0 Å². The van der Waals surface area contributed by atoms with Gasteiger partial charge < -0.3 is 10.6 Å². The Morgan fingerprint density at radius 2 is 1.85 bits per heavy atom. The first-order valence-electron chi connectivity index (χ1n) is 9.11. The molecule has 1 heterocycles. The molecule has 0 unspecified atom stereocenters. The summed E-state index contributed by atoms with van der Waals surface area (Å²) in [4.78, 5) is 12.5. The molecule has 1 atom stereocenters. The van der Waals surface area contributed by atoms with E-state index >= 15 is 0 Å². The minimum absolute atomic E-state index is 0.00134. The van der Waals surface area contributed by atoms with Crippen molar-refractivity contribution in [1.29, 1.82) is 0 Å². The minimum atomic E-state index is -0.00134. The average Bonchev–Trinajstić information content (AvgIpc) is 3.10. The summed E-state index contributed by atoms with van der Waals surface area (Å²) in [5, 5.41) is 15.1. The van der Waals surface area contributed by atoms with Gasteiger partial charge in [-0.3, -0.25) is 4.79 Å². The third-order valence-corrected chi connectivity index (χ3v) is 6.09. The van der Waals surface area contributed by atoms with Crippen molar-refractivity contribution in [2.24, 2.45) is 5.92 Å². The molecule has 0 aliphatic heterocycles. The summed E-state index contributed by atoms with van der Waals surface area (Å²) >= 11 is 2.85. The van der Waals surface area contributed by atoms with Crippen LogP contribution in [-0.2, 0) is 4.79 Å². The SMILES string of the molecule is C=CCNc1nnc(SCC(=O)N[C@@H](c2ccc(C(C)C)cc2)C(C)C)s1. The Labute approximate surface area is 170 Å². The van der Waals surface area contributed by atoms with Gasteiger partial charge in [-0.05, 0) is 23.0 Å². The van der Waals surface area contributed by atoms with E-state index in [2.05, 4.69) is 79.4 Å². The van der Waals surface area contributed by atoms with Crippen LogP contribution < -0.4 is 10.6 Å². The molecule has 0 bridgehead atoms. The lowest BCUT2D eigenvalue weighted by Gasteiger charge is -2.23. The van der Waals surface area contributed by atoms with E-state index < -0.39 is 0 Å². The van der Waals surface area contributed by atoms with E-state index in [1.807, 2.05) is 0 Å². The van der Waals surface area contributed by atoms with Crippen LogP contribution in [0.2, 0.25) is 0 Å². The zero-order chi connectivity index (χ0) is 19.8. The zero-order valence-electron chi connectivity index (χ0n) is 16.4. The van der Waals surface area contributed by atoms with Gasteiger partial charge in [0.15, 0.2) is 4.34 Å². The predicted molar refractivity (Wildman–Crippen MR) is 116 cm³/mol. The second kappa shape index (κ2) is 10.5. The molecular formula is C20H28N4OS2. The van der Waals surface area contributed by atoms with E-state index in [-0.39, 0.29) is 11.9 Å². The fourth-order valence-electron chi connectivity index (χ4n) is 2.56. The molecule has 0 aliphatic carbocycles. The summed E-state index contributed by atoms with van der Waals surface area (Å²) in [5.41, 5.74) is 2.44. The molecule has 0 radical (unpaired) electrons. The normalized spacial score (nSPS) is 12.2. The summed E-state index contributed by atoms with van der Waals surface area (Å²) < 4.78 is 0.777. The highest BCUT2D eigenvalue weighted by atomic mass is 32.2. The highest BCUT2D eigenvalue weighted by Crippen LogP contribution is 2.27. The maximum Gasteiger partial charge on any atom is 0.230 e. The van der Waals surface area contributed by atoms with E-state index in [9.17, 15) is 4.79 Å². The van der Waals surface area contributed by atoms with Crippen LogP contribution in [0.4, 0.5) is 5.13 Å². The molecule has 0 fully saturated rings. The lowest BCUT2D eigenvalue weighted by molar-refractivity contribution is -0.119. The molecule has 5 nitrogen and oxygen atoms in total. The van der Waals surface area contributed by atoms with Gasteiger partial charge in [0, 0.05) is 6.54 Å². The van der Waals surface area contributed by atoms with E-state index in [4.69, 9.17) is 0 Å². The van der Waals surface area contributed by atoms with Gasteiger partial charge in [-0.2, -0.15) is 0 Å². The number of nitrogens with zero attached hydrogens (tertiary/aromatic N) is 2. The first-order chi connectivity index (χ1) is 12.9. The quantitative estimate of drug-likeness (QED) is 0.437. The fourth-order valence-corrected chi connectivity index (χ4v) is 4.13. The number of carbonyl (C=O) groups excluding carboxylic acids is 1. The van der Waals surface area contributed by atoms with Gasteiger partial charge in [0.05, 0.1) is 11.8 Å². The standard InChI is InChI=1S/C20H28N4OS2/c1-6-11-21-19-23-24-20(27-19)26-12-17(25)22-18(14(4)5)16-9-7-15(8-10-16)13(2)3/h6-10,13-14,18H,1,11-12H2,2-5H3,(H,21,23)(H,22,25)/t18-/m1/s1. The number of anilines is 1. The average molecular weight is 405 g/mol. The molecule has 0 aliphatic rings. The van der Waals surface area contributed by atoms with Gasteiger partial charge in [0.2, 0.25) is 11.0 Å². The van der Waals surface area contributed by atoms with E-state index in [1.165, 1.54) is 28.7 Å². The van der Waals surface area contributed by atoms with Gasteiger partial charge in [-0.25, -0.2) is 0 Å². The van der Waals surface area contributed by atoms with Crippen molar-refractivity contribution in [3.8, 4) is 0 Å². The lowest BCUT2D eigenvalue weighted by atomic mass is 9.93. The summed E-state index contributed by atoms with van der Waals surface area (Å²) in [7, 11) is 0. The largest absolute Gasteiger partial charge is 0.357 e. The molecule has 7 heteroatoms. The molecule has 0 spiro atoms. The van der Waals surface area contributed by atoms with E-state index in [0.29, 0.717) is 24.1 Å². The third-order valence-electron chi connectivity index (χ3n) is 4.08. The summed E-state index contributed by atoms with van der Waals surface area (Å²) in [6, 6.07) is 8.54. The number of hydrogen-bond acceptors (Lipinski definition) is 6. The molecule has 146 valence electrons. The highest BCUT2D eigenvalue weighted by molar-refractivity contribution is 8.01. The van der Waals surface area contributed by atoms with Crippen molar-refractivity contribution in [2.75, 3.05) is 17.6 Å². The monoisotopic (exact) mass is 404 g/mol. The van der Waals surface area contributed by atoms with Gasteiger partial charge in [0.1, 0.15) is 0 Å². The van der Waals surface area contributed by atoms with E-state index in [0.717, 1.165) is 15.0 Å². The number of nitrogens with one attached hydrogen (secondary N) is 2. The Balaban J connectivity index is 1.92. The molecule has 2 aromatic rings. The molecule has 1 aromatic carbocycles. The van der Waals surface area contributed by atoms with Gasteiger partial charge in [0.25, 0.3) is 0 Å². The second-order valence-electron chi connectivity index (χ2n) is 6.94. The Hall–Kier alpha value is -1.86. The zero-order valence-corrected chi connectivity index (χ0v) is 18.0. The summed E-state index contributed by atoms with van der Waals surface area (Å²) in [6.07, 6.45) is 1.77. The van der Waals surface area contributed by atoms with Crippen LogP contribution in [0.3, 0.4) is 0 Å². The van der Waals surface area contributed by atoms with Crippen LogP contribution >= 0.6 is 23.1 Å². The molecule has 1 amide bonds. The highest BCUT2D eigenvalue weighted by Gasteiger charge is 2.19. The number of thioether (sulfide) groups is 1. The Morgan fingerprint density at radius 3 is 2.44 bits per heavy atom. The summed E-state index contributed by atoms with van der Waals surface area (Å²) in [6.45, 7) is 12.9. The first kappa shape index (κ1) is 21.4. The maximum absolute atomic E-state index is 12.5. The Kier molecular flexibility index (Phi) is 8.31. The van der Waals surface area contributed by atoms with Crippen LogP contribution in [0.15, 0.2) is 41.3 Å². The van der Waals surface area contributed by atoms with Crippen molar-refractivity contribution < 1.29 is 4.79 Å². The smallest absolute Gasteiger partial charge is 0.230 e. The van der Waals surface area contributed by atoms with Crippen LogP contribution in [-0.4, -0.2) is 28.4 Å². The minimum Gasteiger partial charge on any atom is -0.357 e. The molecule has 0 saturated heterocycles.